The second-order valence-electron chi connectivity index (χ2n) is 8.23. The molecule has 2 aliphatic rings. The van der Waals surface area contributed by atoms with Gasteiger partial charge in [0.25, 0.3) is 0 Å². The van der Waals surface area contributed by atoms with E-state index in [-0.39, 0.29) is 17.3 Å². The van der Waals surface area contributed by atoms with E-state index in [1.807, 2.05) is 24.3 Å². The molecule has 2 unspecified atom stereocenters. The Hall–Kier alpha value is -2.11. The van der Waals surface area contributed by atoms with Gasteiger partial charge in [0.05, 0.1) is 11.3 Å². The first kappa shape index (κ1) is 22.6. The molecule has 1 aliphatic carbocycles. The van der Waals surface area contributed by atoms with Crippen molar-refractivity contribution in [2.45, 2.75) is 63.0 Å². The van der Waals surface area contributed by atoms with E-state index in [1.54, 1.807) is 6.92 Å². The van der Waals surface area contributed by atoms with Crippen molar-refractivity contribution >= 4 is 29.1 Å². The number of amides is 1. The molecule has 3 rings (SSSR count). The lowest BCUT2D eigenvalue weighted by Crippen LogP contribution is -2.45. The fraction of sp³-hybridized carbons (Fsp3) is 0.500. The number of hydrogen-bond acceptors (Lipinski definition) is 3. The van der Waals surface area contributed by atoms with Crippen molar-refractivity contribution in [2.75, 3.05) is 6.61 Å². The van der Waals surface area contributed by atoms with Gasteiger partial charge >= 0.3 is 5.97 Å². The number of ether oxygens (including phenoxy) is 1. The van der Waals surface area contributed by atoms with Crippen molar-refractivity contribution in [1.29, 1.82) is 0 Å². The lowest BCUT2D eigenvalue weighted by molar-refractivity contribution is -0.142. The van der Waals surface area contributed by atoms with Gasteiger partial charge in [-0.2, -0.15) is 0 Å². The van der Waals surface area contributed by atoms with Crippen LogP contribution in [0.3, 0.4) is 0 Å². The largest absolute Gasteiger partial charge is 0.481 e. The third-order valence-corrected chi connectivity index (χ3v) is 6.02. The number of halogens is 1. The van der Waals surface area contributed by atoms with Crippen LogP contribution in [0.1, 0.15) is 50.2 Å². The highest BCUT2D eigenvalue weighted by atomic mass is 35.5. The standard InChI is InChI=1S/C24H30ClNO4/c1-16(24(28)29)13-21(26-23(27)22-7-2-3-12-30-22)14-17-8-10-18(11-9-17)19-5-4-6-20(25)15-19/h4-6,8-11,16,20-22H,2-3,7,12-15H2,1H3,(H,26,27)(H,28,29)/t16-,20?,21+,22?/m1/s1. The Bertz CT molecular complexity index is 796. The first-order valence-corrected chi connectivity index (χ1v) is 11.1. The van der Waals surface area contributed by atoms with Crippen LogP contribution in [-0.4, -0.2) is 41.1 Å². The molecule has 1 aromatic rings. The average Bonchev–Trinajstić information content (AvgIpc) is 2.74. The van der Waals surface area contributed by atoms with E-state index in [9.17, 15) is 14.7 Å². The minimum absolute atomic E-state index is 0.0174. The Kier molecular flexibility index (Phi) is 8.11. The lowest BCUT2D eigenvalue weighted by atomic mass is 9.93. The number of rotatable bonds is 8. The van der Waals surface area contributed by atoms with Crippen LogP contribution < -0.4 is 5.32 Å². The number of carbonyl (C=O) groups excluding carboxylic acids is 1. The second kappa shape index (κ2) is 10.8. The number of hydrogen-bond donors (Lipinski definition) is 2. The summed E-state index contributed by atoms with van der Waals surface area (Å²) in [6, 6.07) is 7.95. The van der Waals surface area contributed by atoms with Crippen molar-refractivity contribution < 1.29 is 19.4 Å². The maximum Gasteiger partial charge on any atom is 0.306 e. The van der Waals surface area contributed by atoms with Crippen LogP contribution >= 0.6 is 11.6 Å². The summed E-state index contributed by atoms with van der Waals surface area (Å²) in [5.41, 5.74) is 3.38. The molecule has 0 spiro atoms. The first-order chi connectivity index (χ1) is 14.4. The monoisotopic (exact) mass is 431 g/mol. The molecule has 1 amide bonds. The third kappa shape index (κ3) is 6.44. The molecule has 1 aliphatic heterocycles. The van der Waals surface area contributed by atoms with E-state index in [0.717, 1.165) is 30.4 Å². The minimum atomic E-state index is -0.855. The van der Waals surface area contributed by atoms with Gasteiger partial charge in [-0.05, 0) is 55.2 Å². The number of carboxylic acids is 1. The van der Waals surface area contributed by atoms with Gasteiger partial charge in [0.15, 0.2) is 0 Å². The Balaban J connectivity index is 1.67. The maximum atomic E-state index is 12.6. The highest BCUT2D eigenvalue weighted by Gasteiger charge is 2.26. The number of alkyl halides is 1. The molecule has 1 fully saturated rings. The normalized spacial score (nSPS) is 23.3. The smallest absolute Gasteiger partial charge is 0.306 e. The number of carboxylic acid groups (broad SMARTS) is 1. The molecule has 5 nitrogen and oxygen atoms in total. The second-order valence-corrected chi connectivity index (χ2v) is 8.79. The van der Waals surface area contributed by atoms with Crippen molar-refractivity contribution in [3.05, 3.63) is 53.6 Å². The molecule has 0 saturated carbocycles. The SMILES string of the molecule is C[C@H](C[C@@H](Cc1ccc(C2=CC=CC(Cl)C2)cc1)NC(=O)C1CCCCO1)C(=O)O. The Morgan fingerprint density at radius 2 is 2.03 bits per heavy atom. The number of allylic oxidation sites excluding steroid dienone is 4. The molecule has 1 heterocycles. The predicted octanol–water partition coefficient (Wildman–Crippen LogP) is 4.34. The number of benzene rings is 1. The van der Waals surface area contributed by atoms with E-state index >= 15 is 0 Å². The van der Waals surface area contributed by atoms with Gasteiger partial charge in [-0.1, -0.05) is 49.4 Å². The molecule has 2 N–H and O–H groups in total. The highest BCUT2D eigenvalue weighted by molar-refractivity contribution is 6.22. The predicted molar refractivity (Wildman–Crippen MR) is 118 cm³/mol. The van der Waals surface area contributed by atoms with Crippen LogP contribution in [0.2, 0.25) is 0 Å². The van der Waals surface area contributed by atoms with E-state index < -0.39 is 18.0 Å². The molecule has 6 heteroatoms. The van der Waals surface area contributed by atoms with E-state index in [4.69, 9.17) is 16.3 Å². The average molecular weight is 432 g/mol. The minimum Gasteiger partial charge on any atom is -0.481 e. The van der Waals surface area contributed by atoms with Gasteiger partial charge in [0.2, 0.25) is 5.91 Å². The van der Waals surface area contributed by atoms with Gasteiger partial charge in [0, 0.05) is 12.6 Å². The zero-order valence-electron chi connectivity index (χ0n) is 17.4. The van der Waals surface area contributed by atoms with Crippen LogP contribution in [0.15, 0.2) is 42.5 Å². The van der Waals surface area contributed by atoms with Crippen molar-refractivity contribution in [3.8, 4) is 0 Å². The third-order valence-electron chi connectivity index (χ3n) is 5.72. The summed E-state index contributed by atoms with van der Waals surface area (Å²) < 4.78 is 5.58. The van der Waals surface area contributed by atoms with Gasteiger partial charge < -0.3 is 15.2 Å². The summed E-state index contributed by atoms with van der Waals surface area (Å²) in [4.78, 5) is 24.0. The summed E-state index contributed by atoms with van der Waals surface area (Å²) >= 11 is 6.22. The van der Waals surface area contributed by atoms with Crippen LogP contribution in [0.25, 0.3) is 5.57 Å². The van der Waals surface area contributed by atoms with Crippen molar-refractivity contribution in [1.82, 2.24) is 5.32 Å². The molecular formula is C24H30ClNO4. The van der Waals surface area contributed by atoms with Crippen LogP contribution in [0, 0.1) is 5.92 Å². The zero-order valence-corrected chi connectivity index (χ0v) is 18.1. The Labute approximate surface area is 183 Å². The van der Waals surface area contributed by atoms with Crippen LogP contribution in [-0.2, 0) is 20.7 Å². The molecule has 1 aromatic carbocycles. The first-order valence-electron chi connectivity index (χ1n) is 10.7. The number of aliphatic carboxylic acids is 1. The molecule has 0 aromatic heterocycles. The fourth-order valence-electron chi connectivity index (χ4n) is 3.95. The molecular weight excluding hydrogens is 402 g/mol. The van der Waals surface area contributed by atoms with E-state index in [1.165, 1.54) is 5.57 Å². The molecule has 4 atom stereocenters. The summed E-state index contributed by atoms with van der Waals surface area (Å²) in [7, 11) is 0. The molecule has 162 valence electrons. The van der Waals surface area contributed by atoms with Crippen molar-refractivity contribution in [2.24, 2.45) is 5.92 Å². The van der Waals surface area contributed by atoms with Gasteiger partial charge in [-0.15, -0.1) is 11.6 Å². The van der Waals surface area contributed by atoms with Crippen LogP contribution in [0.5, 0.6) is 0 Å². The quantitative estimate of drug-likeness (QED) is 0.600. The van der Waals surface area contributed by atoms with Gasteiger partial charge in [-0.3, -0.25) is 9.59 Å². The fourth-order valence-corrected chi connectivity index (χ4v) is 4.20. The molecule has 1 saturated heterocycles. The van der Waals surface area contributed by atoms with Crippen molar-refractivity contribution in [3.63, 3.8) is 0 Å². The summed E-state index contributed by atoms with van der Waals surface area (Å²) in [6.07, 6.45) is 10.0. The van der Waals surface area contributed by atoms with E-state index in [2.05, 4.69) is 23.5 Å². The zero-order chi connectivity index (χ0) is 21.5. The Morgan fingerprint density at radius 3 is 2.67 bits per heavy atom. The molecule has 0 bridgehead atoms. The van der Waals surface area contributed by atoms with Gasteiger partial charge in [-0.25, -0.2) is 0 Å². The van der Waals surface area contributed by atoms with Crippen LogP contribution in [0.4, 0.5) is 0 Å². The topological polar surface area (TPSA) is 75.6 Å². The van der Waals surface area contributed by atoms with E-state index in [0.29, 0.717) is 25.9 Å². The highest BCUT2D eigenvalue weighted by Crippen LogP contribution is 2.27. The maximum absolute atomic E-state index is 12.6. The van der Waals surface area contributed by atoms with Gasteiger partial charge in [0.1, 0.15) is 6.10 Å². The Morgan fingerprint density at radius 1 is 1.27 bits per heavy atom. The molecule has 30 heavy (non-hydrogen) atoms. The summed E-state index contributed by atoms with van der Waals surface area (Å²) in [5.74, 6) is -1.53. The summed E-state index contributed by atoms with van der Waals surface area (Å²) in [5, 5.41) is 12.4. The lowest BCUT2D eigenvalue weighted by Gasteiger charge is -2.26. The number of carbonyl (C=O) groups is 2. The number of nitrogens with one attached hydrogen (secondary N) is 1. The summed E-state index contributed by atoms with van der Waals surface area (Å²) in [6.45, 7) is 2.28. The molecule has 0 radical (unpaired) electrons.